The molecule has 0 aromatic heterocycles. The number of aliphatic carboxylic acids is 1. The van der Waals surface area contributed by atoms with Crippen molar-refractivity contribution >= 4 is 35.5 Å². The van der Waals surface area contributed by atoms with E-state index in [0.29, 0.717) is 12.8 Å². The molecule has 0 heterocycles. The van der Waals surface area contributed by atoms with E-state index < -0.39 is 12.1 Å². The molecule has 0 aliphatic heterocycles. The van der Waals surface area contributed by atoms with Gasteiger partial charge in [-0.25, -0.2) is 4.79 Å². The molecule has 1 atom stereocenters. The molecule has 2 N–H and O–H groups in total. The molecule has 0 spiro atoms. The van der Waals surface area contributed by atoms with E-state index in [0.717, 1.165) is 0 Å². The van der Waals surface area contributed by atoms with E-state index in [9.17, 15) is 4.79 Å². The maximum absolute atomic E-state index is 9.84. The third-order valence-corrected chi connectivity index (χ3v) is 0.847. The summed E-state index contributed by atoms with van der Waals surface area (Å²) in [6.07, 6.45) is -0.122. The summed E-state index contributed by atoms with van der Waals surface area (Å²) in [5.41, 5.74) is 0. The molecular formula is C5H11NaO3. The second-order valence-corrected chi connectivity index (χ2v) is 1.64. The quantitative estimate of drug-likeness (QED) is 0.526. The van der Waals surface area contributed by atoms with E-state index in [1.165, 1.54) is 0 Å². The van der Waals surface area contributed by atoms with Gasteiger partial charge < -0.3 is 10.2 Å². The molecule has 0 fully saturated rings. The van der Waals surface area contributed by atoms with Crippen LogP contribution in [0.4, 0.5) is 0 Å². The van der Waals surface area contributed by atoms with E-state index in [1.54, 1.807) is 0 Å². The molecule has 50 valence electrons. The summed E-state index contributed by atoms with van der Waals surface area (Å²) >= 11 is 0. The van der Waals surface area contributed by atoms with Crippen LogP contribution in [0.15, 0.2) is 0 Å². The third kappa shape index (κ3) is 6.31. The van der Waals surface area contributed by atoms with Crippen LogP contribution in [0.3, 0.4) is 0 Å². The fraction of sp³-hybridized carbons (Fsp3) is 0.800. The summed E-state index contributed by atoms with van der Waals surface area (Å²) in [5, 5.41) is 16.6. The monoisotopic (exact) mass is 142 g/mol. The zero-order valence-corrected chi connectivity index (χ0v) is 4.79. The van der Waals surface area contributed by atoms with Gasteiger partial charge in [-0.3, -0.25) is 0 Å². The molecule has 0 bridgehead atoms. The normalized spacial score (nSPS) is 11.8. The van der Waals surface area contributed by atoms with Crippen molar-refractivity contribution in [2.45, 2.75) is 25.9 Å². The van der Waals surface area contributed by atoms with Crippen molar-refractivity contribution < 1.29 is 15.0 Å². The second kappa shape index (κ2) is 6.55. The summed E-state index contributed by atoms with van der Waals surface area (Å²) in [5.74, 6) is -1.13. The van der Waals surface area contributed by atoms with Crippen LogP contribution in [0.2, 0.25) is 0 Å². The van der Waals surface area contributed by atoms with Gasteiger partial charge in [0.25, 0.3) is 0 Å². The Morgan fingerprint density at radius 3 is 2.22 bits per heavy atom. The summed E-state index contributed by atoms with van der Waals surface area (Å²) < 4.78 is 0. The van der Waals surface area contributed by atoms with Crippen molar-refractivity contribution in [3.05, 3.63) is 0 Å². The van der Waals surface area contributed by atoms with Gasteiger partial charge in [-0.05, 0) is 6.42 Å². The summed E-state index contributed by atoms with van der Waals surface area (Å²) in [6.45, 7) is 1.83. The predicted octanol–water partition coefficient (Wildman–Crippen LogP) is -0.417. The molecule has 0 saturated heterocycles. The van der Waals surface area contributed by atoms with Gasteiger partial charge in [0, 0.05) is 0 Å². The molecule has 4 heteroatoms. The Hall–Kier alpha value is 0.430. The van der Waals surface area contributed by atoms with E-state index in [1.807, 2.05) is 6.92 Å². The molecule has 1 unspecified atom stereocenters. The van der Waals surface area contributed by atoms with Crippen LogP contribution < -0.4 is 0 Å². The Morgan fingerprint density at radius 2 is 2.11 bits per heavy atom. The maximum atomic E-state index is 9.84. The molecule has 0 saturated carbocycles. The minimum atomic E-state index is -1.17. The van der Waals surface area contributed by atoms with Gasteiger partial charge in [0.15, 0.2) is 6.10 Å². The van der Waals surface area contributed by atoms with Crippen molar-refractivity contribution in [2.24, 2.45) is 0 Å². The summed E-state index contributed by atoms with van der Waals surface area (Å²) in [6, 6.07) is 0. The van der Waals surface area contributed by atoms with E-state index in [-0.39, 0.29) is 29.6 Å². The Bertz CT molecular complexity index is 84.3. The van der Waals surface area contributed by atoms with Crippen molar-refractivity contribution in [1.29, 1.82) is 0 Å². The first kappa shape index (κ1) is 12.1. The minimum absolute atomic E-state index is 0. The molecule has 0 rings (SSSR count). The fourth-order valence-electron chi connectivity index (χ4n) is 0.397. The van der Waals surface area contributed by atoms with Crippen LogP contribution in [0.25, 0.3) is 0 Å². The predicted molar refractivity (Wildman–Crippen MR) is 35.7 cm³/mol. The Labute approximate surface area is 76.4 Å². The first-order chi connectivity index (χ1) is 3.68. The Kier molecular flexibility index (Phi) is 8.83. The number of rotatable bonds is 3. The van der Waals surface area contributed by atoms with E-state index in [4.69, 9.17) is 10.2 Å². The zero-order chi connectivity index (χ0) is 6.57. The Balaban J connectivity index is 0. The van der Waals surface area contributed by atoms with Crippen LogP contribution in [-0.4, -0.2) is 51.8 Å². The second-order valence-electron chi connectivity index (χ2n) is 1.64. The standard InChI is InChI=1S/C5H10O3.Na.H/c1-2-3-4(6)5(7)8;;/h4,6H,2-3H2,1H3,(H,7,8);;. The van der Waals surface area contributed by atoms with Crippen molar-refractivity contribution in [3.63, 3.8) is 0 Å². The van der Waals surface area contributed by atoms with Crippen LogP contribution in [-0.2, 0) is 4.79 Å². The third-order valence-electron chi connectivity index (χ3n) is 0.847. The molecule has 0 amide bonds. The number of hydrogen-bond acceptors (Lipinski definition) is 2. The Morgan fingerprint density at radius 1 is 1.67 bits per heavy atom. The van der Waals surface area contributed by atoms with Gasteiger partial charge in [0.05, 0.1) is 0 Å². The van der Waals surface area contributed by atoms with E-state index >= 15 is 0 Å². The van der Waals surface area contributed by atoms with Crippen molar-refractivity contribution in [3.8, 4) is 0 Å². The molecule has 0 aliphatic rings. The number of aliphatic hydroxyl groups is 1. The first-order valence-electron chi connectivity index (χ1n) is 2.59. The number of carboxylic acids is 1. The zero-order valence-electron chi connectivity index (χ0n) is 4.79. The van der Waals surface area contributed by atoms with Crippen LogP contribution in [0, 0.1) is 0 Å². The van der Waals surface area contributed by atoms with Gasteiger partial charge in [0.2, 0.25) is 0 Å². The van der Waals surface area contributed by atoms with Gasteiger partial charge in [0.1, 0.15) is 0 Å². The summed E-state index contributed by atoms with van der Waals surface area (Å²) in [7, 11) is 0. The van der Waals surface area contributed by atoms with E-state index in [2.05, 4.69) is 0 Å². The average Bonchev–Trinajstić information content (AvgIpc) is 1.67. The fourth-order valence-corrected chi connectivity index (χ4v) is 0.397. The molecule has 0 aliphatic carbocycles. The van der Waals surface area contributed by atoms with Gasteiger partial charge in [-0.15, -0.1) is 0 Å². The number of hydrogen-bond donors (Lipinski definition) is 2. The first-order valence-corrected chi connectivity index (χ1v) is 2.59. The van der Waals surface area contributed by atoms with Gasteiger partial charge >= 0.3 is 35.5 Å². The van der Waals surface area contributed by atoms with Crippen molar-refractivity contribution in [2.75, 3.05) is 0 Å². The van der Waals surface area contributed by atoms with Crippen LogP contribution >= 0.6 is 0 Å². The van der Waals surface area contributed by atoms with Crippen molar-refractivity contribution in [1.82, 2.24) is 0 Å². The molecular weight excluding hydrogens is 131 g/mol. The van der Waals surface area contributed by atoms with Crippen LogP contribution in [0.1, 0.15) is 19.8 Å². The van der Waals surface area contributed by atoms with Crippen LogP contribution in [0.5, 0.6) is 0 Å². The molecule has 0 aromatic carbocycles. The molecule has 3 nitrogen and oxygen atoms in total. The number of aliphatic hydroxyl groups excluding tert-OH is 1. The molecule has 9 heavy (non-hydrogen) atoms. The number of carboxylic acid groups (broad SMARTS) is 1. The average molecular weight is 142 g/mol. The molecule has 0 radical (unpaired) electrons. The van der Waals surface area contributed by atoms with Gasteiger partial charge in [-0.2, -0.15) is 0 Å². The SMILES string of the molecule is CCCC(O)C(=O)O.[NaH]. The number of carbonyl (C=O) groups is 1. The summed E-state index contributed by atoms with van der Waals surface area (Å²) in [4.78, 5) is 9.84. The molecule has 0 aromatic rings. The van der Waals surface area contributed by atoms with Gasteiger partial charge in [-0.1, -0.05) is 13.3 Å². The topological polar surface area (TPSA) is 57.5 Å².